The summed E-state index contributed by atoms with van der Waals surface area (Å²) in [6, 6.07) is 17.0. The second-order valence-electron chi connectivity index (χ2n) is 7.01. The number of aromatic nitrogens is 1. The van der Waals surface area contributed by atoms with E-state index in [1.165, 1.54) is 5.56 Å². The monoisotopic (exact) mass is 426 g/mol. The van der Waals surface area contributed by atoms with Crippen molar-refractivity contribution in [3.63, 3.8) is 0 Å². The number of halogens is 1. The largest absolute Gasteiger partial charge is 0.452 e. The Morgan fingerprint density at radius 1 is 1.13 bits per heavy atom. The molecule has 0 aliphatic carbocycles. The molecule has 0 radical (unpaired) electrons. The van der Waals surface area contributed by atoms with Gasteiger partial charge in [-0.15, -0.1) is 0 Å². The fraction of sp³-hybridized carbons (Fsp3) is 0.261. The third-order valence-corrected chi connectivity index (χ3v) is 4.98. The van der Waals surface area contributed by atoms with E-state index in [-0.39, 0.29) is 24.1 Å². The Labute approximate surface area is 180 Å². The van der Waals surface area contributed by atoms with Crippen LogP contribution in [0.2, 0.25) is 5.02 Å². The number of benzene rings is 2. The molecular formula is C23H23ClN2O4. The van der Waals surface area contributed by atoms with Gasteiger partial charge >= 0.3 is 5.97 Å². The Morgan fingerprint density at radius 3 is 2.57 bits per heavy atom. The van der Waals surface area contributed by atoms with Gasteiger partial charge in [0, 0.05) is 11.6 Å². The Balaban J connectivity index is 1.55. The fourth-order valence-corrected chi connectivity index (χ4v) is 3.29. The summed E-state index contributed by atoms with van der Waals surface area (Å²) in [7, 11) is 0. The van der Waals surface area contributed by atoms with Crippen molar-refractivity contribution in [2.24, 2.45) is 0 Å². The van der Waals surface area contributed by atoms with Gasteiger partial charge in [0.15, 0.2) is 6.61 Å². The molecule has 0 aliphatic rings. The molecule has 30 heavy (non-hydrogen) atoms. The van der Waals surface area contributed by atoms with Crippen LogP contribution in [0.5, 0.6) is 0 Å². The third kappa shape index (κ3) is 5.48. The van der Waals surface area contributed by atoms with E-state index in [0.29, 0.717) is 22.0 Å². The molecule has 0 spiro atoms. The summed E-state index contributed by atoms with van der Waals surface area (Å²) in [4.78, 5) is 24.8. The van der Waals surface area contributed by atoms with Crippen LogP contribution in [-0.2, 0) is 16.0 Å². The van der Waals surface area contributed by atoms with Crippen LogP contribution in [0.25, 0.3) is 11.3 Å². The number of hydrogen-bond acceptors (Lipinski definition) is 5. The number of carbonyl (C=O) groups is 2. The molecule has 1 heterocycles. The first kappa shape index (κ1) is 21.6. The zero-order chi connectivity index (χ0) is 21.5. The number of amides is 1. The normalized spacial score (nSPS) is 11.7. The van der Waals surface area contributed by atoms with Crippen LogP contribution in [0.15, 0.2) is 59.1 Å². The zero-order valence-corrected chi connectivity index (χ0v) is 17.6. The Bertz CT molecular complexity index is 1020. The van der Waals surface area contributed by atoms with E-state index in [4.69, 9.17) is 20.9 Å². The van der Waals surface area contributed by atoms with Crippen LogP contribution in [0.3, 0.4) is 0 Å². The first-order chi connectivity index (χ1) is 14.5. The van der Waals surface area contributed by atoms with Gasteiger partial charge in [0.05, 0.1) is 5.02 Å². The fourth-order valence-electron chi connectivity index (χ4n) is 3.07. The SMILES string of the molecule is Cc1onc(-c2ccccc2Cl)c1C(=O)OCC(=O)N[C@H](C)CCc1ccccc1. The molecule has 0 saturated heterocycles. The van der Waals surface area contributed by atoms with E-state index in [1.807, 2.05) is 37.3 Å². The number of nitrogens with zero attached hydrogens (tertiary/aromatic N) is 1. The second kappa shape index (κ2) is 10.1. The van der Waals surface area contributed by atoms with Gasteiger partial charge in [0.25, 0.3) is 5.91 Å². The van der Waals surface area contributed by atoms with Crippen molar-refractivity contribution in [1.29, 1.82) is 0 Å². The lowest BCUT2D eigenvalue weighted by Crippen LogP contribution is -2.36. The molecule has 3 aromatic rings. The Kier molecular flexibility index (Phi) is 7.25. The summed E-state index contributed by atoms with van der Waals surface area (Å²) in [6.45, 7) is 3.14. The molecule has 1 aromatic heterocycles. The summed E-state index contributed by atoms with van der Waals surface area (Å²) >= 11 is 6.21. The first-order valence-corrected chi connectivity index (χ1v) is 10.0. The van der Waals surface area contributed by atoms with Crippen molar-refractivity contribution in [1.82, 2.24) is 10.5 Å². The highest BCUT2D eigenvalue weighted by molar-refractivity contribution is 6.33. The molecule has 0 saturated carbocycles. The van der Waals surface area contributed by atoms with Gasteiger partial charge in [-0.2, -0.15) is 0 Å². The molecule has 156 valence electrons. The van der Waals surface area contributed by atoms with Crippen LogP contribution in [-0.4, -0.2) is 29.7 Å². The van der Waals surface area contributed by atoms with E-state index >= 15 is 0 Å². The van der Waals surface area contributed by atoms with E-state index in [9.17, 15) is 9.59 Å². The van der Waals surface area contributed by atoms with Crippen molar-refractivity contribution in [3.05, 3.63) is 76.5 Å². The number of carbonyl (C=O) groups excluding carboxylic acids is 2. The van der Waals surface area contributed by atoms with Crippen molar-refractivity contribution >= 4 is 23.5 Å². The molecule has 2 aromatic carbocycles. The number of esters is 1. The molecule has 3 rings (SSSR count). The number of ether oxygens (including phenoxy) is 1. The molecule has 0 aliphatic heterocycles. The minimum Gasteiger partial charge on any atom is -0.452 e. The van der Waals surface area contributed by atoms with Gasteiger partial charge in [-0.25, -0.2) is 4.79 Å². The quantitative estimate of drug-likeness (QED) is 0.532. The maximum atomic E-state index is 12.6. The maximum absolute atomic E-state index is 12.6. The lowest BCUT2D eigenvalue weighted by atomic mass is 10.1. The minimum absolute atomic E-state index is 0.0487. The minimum atomic E-state index is -0.684. The molecule has 1 N–H and O–H groups in total. The molecule has 1 amide bonds. The summed E-state index contributed by atoms with van der Waals surface area (Å²) in [5.74, 6) is -0.750. The lowest BCUT2D eigenvalue weighted by Gasteiger charge is -2.14. The van der Waals surface area contributed by atoms with Crippen molar-refractivity contribution in [2.45, 2.75) is 32.7 Å². The van der Waals surface area contributed by atoms with Crippen LogP contribution < -0.4 is 5.32 Å². The lowest BCUT2D eigenvalue weighted by molar-refractivity contribution is -0.124. The Hall–Kier alpha value is -3.12. The van der Waals surface area contributed by atoms with Gasteiger partial charge in [-0.3, -0.25) is 4.79 Å². The summed E-state index contributed by atoms with van der Waals surface area (Å²) < 4.78 is 10.4. The highest BCUT2D eigenvalue weighted by Gasteiger charge is 2.25. The van der Waals surface area contributed by atoms with E-state index < -0.39 is 5.97 Å². The number of rotatable bonds is 8. The first-order valence-electron chi connectivity index (χ1n) is 9.67. The Morgan fingerprint density at radius 2 is 1.83 bits per heavy atom. The number of aryl methyl sites for hydroxylation is 2. The molecule has 0 fully saturated rings. The molecule has 0 unspecified atom stereocenters. The van der Waals surface area contributed by atoms with Crippen molar-refractivity contribution in [3.8, 4) is 11.3 Å². The third-order valence-electron chi connectivity index (χ3n) is 4.65. The molecule has 0 bridgehead atoms. The summed E-state index contributed by atoms with van der Waals surface area (Å²) in [5, 5.41) is 7.22. The van der Waals surface area contributed by atoms with Gasteiger partial charge in [-0.05, 0) is 38.3 Å². The van der Waals surface area contributed by atoms with Crippen molar-refractivity contribution < 1.29 is 18.8 Å². The standard InChI is InChI=1S/C23H23ClN2O4/c1-15(12-13-17-8-4-3-5-9-17)25-20(27)14-29-23(28)21-16(2)30-26-22(21)18-10-6-7-11-19(18)24/h3-11,15H,12-14H2,1-2H3,(H,25,27)/t15-/m1/s1. The highest BCUT2D eigenvalue weighted by atomic mass is 35.5. The summed E-state index contributed by atoms with van der Waals surface area (Å²) in [5.41, 5.74) is 2.22. The predicted molar refractivity (Wildman–Crippen MR) is 114 cm³/mol. The van der Waals surface area contributed by atoms with Gasteiger partial charge < -0.3 is 14.6 Å². The van der Waals surface area contributed by atoms with Crippen LogP contribution in [0, 0.1) is 6.92 Å². The van der Waals surface area contributed by atoms with E-state index in [1.54, 1.807) is 31.2 Å². The average molecular weight is 427 g/mol. The molecule has 7 heteroatoms. The number of hydrogen-bond donors (Lipinski definition) is 1. The molecule has 6 nitrogen and oxygen atoms in total. The summed E-state index contributed by atoms with van der Waals surface area (Å²) in [6.07, 6.45) is 1.63. The molecular weight excluding hydrogens is 404 g/mol. The smallest absolute Gasteiger partial charge is 0.344 e. The van der Waals surface area contributed by atoms with Crippen molar-refractivity contribution in [2.75, 3.05) is 6.61 Å². The van der Waals surface area contributed by atoms with Crippen LogP contribution >= 0.6 is 11.6 Å². The van der Waals surface area contributed by atoms with Gasteiger partial charge in [-0.1, -0.05) is 65.3 Å². The topological polar surface area (TPSA) is 81.4 Å². The van der Waals surface area contributed by atoms with Gasteiger partial charge in [0.1, 0.15) is 17.0 Å². The molecule has 1 atom stereocenters. The highest BCUT2D eigenvalue weighted by Crippen LogP contribution is 2.31. The zero-order valence-electron chi connectivity index (χ0n) is 16.9. The van der Waals surface area contributed by atoms with E-state index in [0.717, 1.165) is 12.8 Å². The van der Waals surface area contributed by atoms with Crippen LogP contribution in [0.4, 0.5) is 0 Å². The average Bonchev–Trinajstić information content (AvgIpc) is 3.13. The maximum Gasteiger partial charge on any atom is 0.344 e. The van der Waals surface area contributed by atoms with Crippen LogP contribution in [0.1, 0.15) is 35.0 Å². The second-order valence-corrected chi connectivity index (χ2v) is 7.42. The number of nitrogens with one attached hydrogen (secondary N) is 1. The van der Waals surface area contributed by atoms with Gasteiger partial charge in [0.2, 0.25) is 0 Å². The van der Waals surface area contributed by atoms with E-state index in [2.05, 4.69) is 10.5 Å². The predicted octanol–water partition coefficient (Wildman–Crippen LogP) is 4.60.